The van der Waals surface area contributed by atoms with E-state index in [0.717, 1.165) is 3.57 Å². The molecular weight excluding hydrogens is 366 g/mol. The molecule has 0 heterocycles. The molecule has 0 radical (unpaired) electrons. The first kappa shape index (κ1) is 15.5. The van der Waals surface area contributed by atoms with Crippen LogP contribution < -0.4 is 21.2 Å². The molecule has 7 heteroatoms. The van der Waals surface area contributed by atoms with Crippen molar-refractivity contribution >= 4 is 11.1 Å². The van der Waals surface area contributed by atoms with Crippen LogP contribution in [0.1, 0.15) is 13.8 Å². The normalized spacial score (nSPS) is 11.0. The van der Waals surface area contributed by atoms with Gasteiger partial charge in [0.2, 0.25) is 3.57 Å². The Hall–Kier alpha value is -0.520. The predicted octanol–water partition coefficient (Wildman–Crippen LogP) is -0.203. The molecule has 0 aliphatic heterocycles. The van der Waals surface area contributed by atoms with E-state index in [2.05, 4.69) is 4.79 Å². The van der Waals surface area contributed by atoms with Crippen molar-refractivity contribution in [3.63, 3.8) is 0 Å². The van der Waals surface area contributed by atoms with Crippen LogP contribution in [0.5, 0.6) is 0 Å². The minimum absolute atomic E-state index is 0.135. The summed E-state index contributed by atoms with van der Waals surface area (Å²) < 4.78 is 23.9. The molecule has 0 saturated heterocycles. The summed E-state index contributed by atoms with van der Waals surface area (Å²) in [6, 6.07) is 9.47. The third-order valence-corrected chi connectivity index (χ3v) is 7.95. The summed E-state index contributed by atoms with van der Waals surface area (Å²) in [4.78, 5) is 3.15. The minimum Gasteiger partial charge on any atom is -0.356 e. The quantitative estimate of drug-likeness (QED) is 0.216. The summed E-state index contributed by atoms with van der Waals surface area (Å²) in [7, 11) is -3.45. The second-order valence-corrected chi connectivity index (χ2v) is 8.69. The fraction of sp³-hybridized carbons (Fsp3) is 0.364. The zero-order chi connectivity index (χ0) is 13.4. The highest BCUT2D eigenvalue weighted by molar-refractivity contribution is 7.71. The second-order valence-electron chi connectivity index (χ2n) is 3.09. The molecule has 0 fully saturated rings. The molecule has 0 unspecified atom stereocenters. The fourth-order valence-corrected chi connectivity index (χ4v) is 6.18. The number of hydrogen-bond acceptors (Lipinski definition) is 3. The van der Waals surface area contributed by atoms with Gasteiger partial charge in [0.15, 0.2) is 0 Å². The van der Waals surface area contributed by atoms with Crippen molar-refractivity contribution in [2.75, 3.05) is 13.2 Å². The first-order valence-corrected chi connectivity index (χ1v) is 9.18. The molecule has 0 aromatic heterocycles. The lowest BCUT2D eigenvalue weighted by molar-refractivity contribution is -0.524. The van der Waals surface area contributed by atoms with E-state index >= 15 is 0 Å². The number of halogens is 1. The van der Waals surface area contributed by atoms with Gasteiger partial charge in [-0.1, -0.05) is 18.2 Å². The Balaban J connectivity index is 2.95. The van der Waals surface area contributed by atoms with Gasteiger partial charge in [-0.3, -0.25) is 9.05 Å². The molecule has 18 heavy (non-hydrogen) atoms. The maximum Gasteiger partial charge on any atom is 0.602 e. The molecule has 98 valence electrons. The van der Waals surface area contributed by atoms with Gasteiger partial charge in [0.25, 0.3) is 0 Å². The molecule has 5 nitrogen and oxygen atoms in total. The molecule has 1 rings (SSSR count). The maximum atomic E-state index is 12.4. The van der Waals surface area contributed by atoms with Gasteiger partial charge >= 0.3 is 32.3 Å². The number of nitrogens with zero attached hydrogens (tertiary/aromatic N) is 2. The van der Waals surface area contributed by atoms with Crippen molar-refractivity contribution in [2.45, 2.75) is 13.8 Å². The molecule has 1 aromatic carbocycles. The lowest BCUT2D eigenvalue weighted by Crippen LogP contribution is -3.64. The maximum absolute atomic E-state index is 12.4. The van der Waals surface area contributed by atoms with Crippen molar-refractivity contribution in [2.24, 2.45) is 0 Å². The van der Waals surface area contributed by atoms with Crippen molar-refractivity contribution in [3.8, 4) is 0 Å². The summed E-state index contributed by atoms with van der Waals surface area (Å²) in [6.07, 6.45) is 0. The molecule has 0 amide bonds. The van der Waals surface area contributed by atoms with Crippen LogP contribution in [0.2, 0.25) is 0 Å². The Bertz CT molecular complexity index is 464. The number of hydrogen-bond donors (Lipinski definition) is 0. The molecule has 0 bridgehead atoms. The number of rotatable bonds is 7. The van der Waals surface area contributed by atoms with Crippen LogP contribution in [0.3, 0.4) is 0 Å². The molecule has 0 aliphatic rings. The van der Waals surface area contributed by atoms with Gasteiger partial charge in [-0.05, 0) is 26.0 Å². The van der Waals surface area contributed by atoms with E-state index in [-0.39, 0.29) is 16.7 Å². The third kappa shape index (κ3) is 4.30. The molecule has 0 aliphatic carbocycles. The van der Waals surface area contributed by atoms with Gasteiger partial charge in [0, 0.05) is 0 Å². The van der Waals surface area contributed by atoms with Gasteiger partial charge in [-0.15, -0.1) is 4.79 Å². The van der Waals surface area contributed by atoms with Crippen LogP contribution in [-0.4, -0.2) is 21.5 Å². The van der Waals surface area contributed by atoms with E-state index in [1.165, 1.54) is 0 Å². The van der Waals surface area contributed by atoms with Gasteiger partial charge in [0.1, 0.15) is 0 Å². The Labute approximate surface area is 117 Å². The average molecular weight is 381 g/mol. The highest BCUT2D eigenvalue weighted by atomic mass is 127. The monoisotopic (exact) mass is 381 g/mol. The number of benzene rings is 1. The first-order valence-electron chi connectivity index (χ1n) is 5.48. The smallest absolute Gasteiger partial charge is 0.356 e. The fourth-order valence-electron chi connectivity index (χ4n) is 1.18. The van der Waals surface area contributed by atoms with Crippen LogP contribution in [-0.2, 0) is 13.6 Å². The van der Waals surface area contributed by atoms with Gasteiger partial charge in [-0.2, -0.15) is 0 Å². The summed E-state index contributed by atoms with van der Waals surface area (Å²) >= 11 is -0.867. The van der Waals surface area contributed by atoms with Crippen LogP contribution in [0.15, 0.2) is 30.3 Å². The van der Waals surface area contributed by atoms with Gasteiger partial charge in [-0.25, -0.2) is 4.57 Å². The summed E-state index contributed by atoms with van der Waals surface area (Å²) in [5.41, 5.74) is 9.06. The van der Waals surface area contributed by atoms with Crippen molar-refractivity contribution in [3.05, 3.63) is 39.4 Å². The third-order valence-electron chi connectivity index (χ3n) is 1.83. The SMILES string of the molecule is CCOP(=O)(OCC)C(=[N+]=[N-])[I+]c1ccccc1. The summed E-state index contributed by atoms with van der Waals surface area (Å²) in [5, 5.41) is 0. The van der Waals surface area contributed by atoms with Gasteiger partial charge < -0.3 is 5.53 Å². The lowest BCUT2D eigenvalue weighted by Gasteiger charge is -2.06. The summed E-state index contributed by atoms with van der Waals surface area (Å²) in [5.74, 6) is 0. The molecule has 0 saturated carbocycles. The topological polar surface area (TPSA) is 71.9 Å². The van der Waals surface area contributed by atoms with Crippen LogP contribution in [0, 0.1) is 3.57 Å². The minimum atomic E-state index is -3.45. The largest absolute Gasteiger partial charge is 0.602 e. The van der Waals surface area contributed by atoms with Crippen molar-refractivity contribution < 1.29 is 39.6 Å². The predicted molar refractivity (Wildman–Crippen MR) is 64.6 cm³/mol. The van der Waals surface area contributed by atoms with E-state index in [9.17, 15) is 4.57 Å². The average Bonchev–Trinajstić information content (AvgIpc) is 2.37. The van der Waals surface area contributed by atoms with E-state index in [4.69, 9.17) is 14.6 Å². The standard InChI is InChI=1S/C11H15IN2O3P/c1-3-16-18(15,17-4-2)11(14-13)12-10-8-6-5-7-9-10/h5-9H,3-4H2,1-2H3/q+1. The molecular formula is C11H15IN2O3P+. The Kier molecular flexibility index (Phi) is 6.75. The zero-order valence-electron chi connectivity index (χ0n) is 10.2. The Morgan fingerprint density at radius 3 is 2.28 bits per heavy atom. The van der Waals surface area contributed by atoms with Crippen molar-refractivity contribution in [1.29, 1.82) is 0 Å². The second kappa shape index (κ2) is 7.81. The first-order chi connectivity index (χ1) is 8.66. The zero-order valence-corrected chi connectivity index (χ0v) is 13.3. The Morgan fingerprint density at radius 1 is 1.28 bits per heavy atom. The molecule has 0 N–H and O–H groups in total. The molecule has 0 atom stereocenters. The van der Waals surface area contributed by atoms with E-state index in [1.54, 1.807) is 13.8 Å². The molecule has 0 spiro atoms. The van der Waals surface area contributed by atoms with E-state index in [0.29, 0.717) is 0 Å². The van der Waals surface area contributed by atoms with E-state index < -0.39 is 28.8 Å². The lowest BCUT2D eigenvalue weighted by atomic mass is 10.4. The van der Waals surface area contributed by atoms with Crippen LogP contribution >= 0.6 is 7.60 Å². The van der Waals surface area contributed by atoms with Gasteiger partial charge in [0.05, 0.1) is 13.2 Å². The highest BCUT2D eigenvalue weighted by Crippen LogP contribution is 2.46. The highest BCUT2D eigenvalue weighted by Gasteiger charge is 2.52. The molecule has 1 aromatic rings. The van der Waals surface area contributed by atoms with Crippen LogP contribution in [0.25, 0.3) is 5.53 Å². The Morgan fingerprint density at radius 2 is 1.83 bits per heavy atom. The van der Waals surface area contributed by atoms with Crippen LogP contribution in [0.4, 0.5) is 0 Å². The summed E-state index contributed by atoms with van der Waals surface area (Å²) in [6.45, 7) is 3.94. The van der Waals surface area contributed by atoms with Crippen molar-refractivity contribution in [1.82, 2.24) is 0 Å². The van der Waals surface area contributed by atoms with E-state index in [1.807, 2.05) is 30.3 Å².